The van der Waals surface area contributed by atoms with Gasteiger partial charge in [0.05, 0.1) is 24.7 Å². The van der Waals surface area contributed by atoms with Gasteiger partial charge in [-0.05, 0) is 37.2 Å². The molecule has 0 saturated heterocycles. The Labute approximate surface area is 117 Å². The van der Waals surface area contributed by atoms with Crippen LogP contribution in [0.25, 0.3) is 0 Å². The van der Waals surface area contributed by atoms with Crippen molar-refractivity contribution < 1.29 is 9.21 Å². The third-order valence-corrected chi connectivity index (χ3v) is 2.69. The monoisotopic (exact) mass is 274 g/mol. The van der Waals surface area contributed by atoms with E-state index in [0.717, 1.165) is 11.4 Å². The van der Waals surface area contributed by atoms with E-state index in [1.165, 1.54) is 0 Å². The molecule has 2 heterocycles. The molecule has 2 aromatic heterocycles. The SMILES string of the molecule is NCCCC(=O)Nc1ccc(NCc2ccco2)cn1. The molecule has 1 amide bonds. The normalized spacial score (nSPS) is 10.2. The molecule has 0 aliphatic carbocycles. The molecule has 0 radical (unpaired) electrons. The second-order valence-electron chi connectivity index (χ2n) is 4.31. The molecule has 0 unspecified atom stereocenters. The number of nitrogens with zero attached hydrogens (tertiary/aromatic N) is 1. The maximum atomic E-state index is 11.5. The first-order chi connectivity index (χ1) is 9.78. The summed E-state index contributed by atoms with van der Waals surface area (Å²) >= 11 is 0. The molecule has 0 aliphatic rings. The fourth-order valence-corrected chi connectivity index (χ4v) is 1.64. The first kappa shape index (κ1) is 14.1. The van der Waals surface area contributed by atoms with E-state index in [1.807, 2.05) is 18.2 Å². The summed E-state index contributed by atoms with van der Waals surface area (Å²) < 4.78 is 5.22. The third-order valence-electron chi connectivity index (χ3n) is 2.69. The van der Waals surface area contributed by atoms with Crippen LogP contribution in [0.5, 0.6) is 0 Å². The molecule has 20 heavy (non-hydrogen) atoms. The lowest BCUT2D eigenvalue weighted by Gasteiger charge is -2.06. The maximum absolute atomic E-state index is 11.5. The van der Waals surface area contributed by atoms with Gasteiger partial charge in [0.1, 0.15) is 11.6 Å². The lowest BCUT2D eigenvalue weighted by atomic mass is 10.3. The molecular weight excluding hydrogens is 256 g/mol. The molecule has 2 rings (SSSR count). The summed E-state index contributed by atoms with van der Waals surface area (Å²) in [7, 11) is 0. The van der Waals surface area contributed by atoms with Crippen LogP contribution < -0.4 is 16.4 Å². The minimum Gasteiger partial charge on any atom is -0.467 e. The van der Waals surface area contributed by atoms with E-state index >= 15 is 0 Å². The van der Waals surface area contributed by atoms with E-state index in [1.54, 1.807) is 18.5 Å². The Hall–Kier alpha value is -2.34. The van der Waals surface area contributed by atoms with E-state index in [4.69, 9.17) is 10.2 Å². The number of furan rings is 1. The van der Waals surface area contributed by atoms with E-state index in [0.29, 0.717) is 31.7 Å². The van der Waals surface area contributed by atoms with Gasteiger partial charge in [-0.15, -0.1) is 0 Å². The van der Waals surface area contributed by atoms with Crippen molar-refractivity contribution in [1.29, 1.82) is 0 Å². The molecule has 0 aromatic carbocycles. The number of aromatic nitrogens is 1. The van der Waals surface area contributed by atoms with Crippen molar-refractivity contribution in [3.8, 4) is 0 Å². The highest BCUT2D eigenvalue weighted by atomic mass is 16.3. The van der Waals surface area contributed by atoms with Crippen molar-refractivity contribution >= 4 is 17.4 Å². The number of pyridine rings is 1. The van der Waals surface area contributed by atoms with Gasteiger partial charge in [-0.1, -0.05) is 0 Å². The smallest absolute Gasteiger partial charge is 0.225 e. The number of carbonyl (C=O) groups excluding carboxylic acids is 1. The lowest BCUT2D eigenvalue weighted by Crippen LogP contribution is -2.14. The third kappa shape index (κ3) is 4.40. The summed E-state index contributed by atoms with van der Waals surface area (Å²) in [6.07, 6.45) is 4.39. The highest BCUT2D eigenvalue weighted by molar-refractivity contribution is 5.89. The van der Waals surface area contributed by atoms with Gasteiger partial charge in [0.2, 0.25) is 5.91 Å². The fraction of sp³-hybridized carbons (Fsp3) is 0.286. The molecular formula is C14H18N4O2. The predicted molar refractivity (Wildman–Crippen MR) is 77.2 cm³/mol. The number of nitrogens with two attached hydrogens (primary N) is 1. The van der Waals surface area contributed by atoms with Crippen molar-refractivity contribution in [3.63, 3.8) is 0 Å². The van der Waals surface area contributed by atoms with Gasteiger partial charge >= 0.3 is 0 Å². The highest BCUT2D eigenvalue weighted by Gasteiger charge is 2.03. The van der Waals surface area contributed by atoms with Gasteiger partial charge in [0.15, 0.2) is 0 Å². The highest BCUT2D eigenvalue weighted by Crippen LogP contribution is 2.11. The molecule has 0 aliphatic heterocycles. The van der Waals surface area contributed by atoms with Crippen LogP contribution in [0.15, 0.2) is 41.1 Å². The number of amides is 1. The number of hydrogen-bond donors (Lipinski definition) is 3. The standard InChI is InChI=1S/C14H18N4O2/c15-7-1-4-14(19)18-13-6-5-11(9-17-13)16-10-12-3-2-8-20-12/h2-3,5-6,8-9,16H,1,4,7,10,15H2,(H,17,18,19). The number of carbonyl (C=O) groups is 1. The maximum Gasteiger partial charge on any atom is 0.225 e. The van der Waals surface area contributed by atoms with E-state index < -0.39 is 0 Å². The molecule has 0 saturated carbocycles. The number of nitrogens with one attached hydrogen (secondary N) is 2. The van der Waals surface area contributed by atoms with Crippen molar-refractivity contribution in [2.45, 2.75) is 19.4 Å². The van der Waals surface area contributed by atoms with E-state index in [9.17, 15) is 4.79 Å². The van der Waals surface area contributed by atoms with Gasteiger partial charge in [0, 0.05) is 6.42 Å². The second-order valence-corrected chi connectivity index (χ2v) is 4.31. The Morgan fingerprint density at radius 3 is 2.90 bits per heavy atom. The van der Waals surface area contributed by atoms with Crippen LogP contribution in [0.3, 0.4) is 0 Å². The molecule has 6 heteroatoms. The Morgan fingerprint density at radius 1 is 1.35 bits per heavy atom. The van der Waals surface area contributed by atoms with Gasteiger partial charge in [-0.3, -0.25) is 4.79 Å². The Bertz CT molecular complexity index is 523. The van der Waals surface area contributed by atoms with Crippen LogP contribution in [-0.2, 0) is 11.3 Å². The Morgan fingerprint density at radius 2 is 2.25 bits per heavy atom. The quantitative estimate of drug-likeness (QED) is 0.717. The van der Waals surface area contributed by atoms with Gasteiger partial charge in [0.25, 0.3) is 0 Å². The van der Waals surface area contributed by atoms with Crippen molar-refractivity contribution in [2.75, 3.05) is 17.2 Å². The minimum atomic E-state index is -0.0701. The topological polar surface area (TPSA) is 93.2 Å². The lowest BCUT2D eigenvalue weighted by molar-refractivity contribution is -0.116. The van der Waals surface area contributed by atoms with Gasteiger partial charge in [-0.25, -0.2) is 4.98 Å². The van der Waals surface area contributed by atoms with Crippen LogP contribution in [-0.4, -0.2) is 17.4 Å². The first-order valence-electron chi connectivity index (χ1n) is 6.50. The molecule has 0 atom stereocenters. The fourth-order valence-electron chi connectivity index (χ4n) is 1.64. The minimum absolute atomic E-state index is 0.0701. The van der Waals surface area contributed by atoms with E-state index in [2.05, 4.69) is 15.6 Å². The summed E-state index contributed by atoms with van der Waals surface area (Å²) in [4.78, 5) is 15.7. The van der Waals surface area contributed by atoms with Crippen molar-refractivity contribution in [3.05, 3.63) is 42.5 Å². The van der Waals surface area contributed by atoms with E-state index in [-0.39, 0.29) is 5.91 Å². The summed E-state index contributed by atoms with van der Waals surface area (Å²) in [5.74, 6) is 1.32. The molecule has 2 aromatic rings. The van der Waals surface area contributed by atoms with Crippen molar-refractivity contribution in [2.24, 2.45) is 5.73 Å². The molecule has 0 fully saturated rings. The van der Waals surface area contributed by atoms with Crippen molar-refractivity contribution in [1.82, 2.24) is 4.98 Å². The summed E-state index contributed by atoms with van der Waals surface area (Å²) in [6, 6.07) is 7.35. The zero-order valence-electron chi connectivity index (χ0n) is 11.1. The average Bonchev–Trinajstić information content (AvgIpc) is 2.98. The van der Waals surface area contributed by atoms with Gasteiger partial charge in [-0.2, -0.15) is 0 Å². The van der Waals surface area contributed by atoms with Crippen LogP contribution in [0, 0.1) is 0 Å². The zero-order chi connectivity index (χ0) is 14.2. The Balaban J connectivity index is 1.81. The predicted octanol–water partition coefficient (Wildman–Crippen LogP) is 1.96. The first-order valence-corrected chi connectivity index (χ1v) is 6.50. The van der Waals surface area contributed by atoms with Gasteiger partial charge < -0.3 is 20.8 Å². The second kappa shape index (κ2) is 7.30. The van der Waals surface area contributed by atoms with Crippen LogP contribution in [0.4, 0.5) is 11.5 Å². The number of anilines is 2. The van der Waals surface area contributed by atoms with Crippen LogP contribution in [0.1, 0.15) is 18.6 Å². The summed E-state index contributed by atoms with van der Waals surface area (Å²) in [5, 5.41) is 5.90. The molecule has 0 spiro atoms. The molecule has 0 bridgehead atoms. The summed E-state index contributed by atoms with van der Waals surface area (Å²) in [6.45, 7) is 1.10. The average molecular weight is 274 g/mol. The van der Waals surface area contributed by atoms with Crippen LogP contribution in [0.2, 0.25) is 0 Å². The van der Waals surface area contributed by atoms with Crippen LogP contribution >= 0.6 is 0 Å². The molecule has 106 valence electrons. The number of rotatable bonds is 7. The Kier molecular flexibility index (Phi) is 5.14. The molecule has 6 nitrogen and oxygen atoms in total. The largest absolute Gasteiger partial charge is 0.467 e. The summed E-state index contributed by atoms with van der Waals surface area (Å²) in [5.41, 5.74) is 6.21. The molecule has 4 N–H and O–H groups in total. The number of hydrogen-bond acceptors (Lipinski definition) is 5. The zero-order valence-corrected chi connectivity index (χ0v) is 11.1.